The summed E-state index contributed by atoms with van der Waals surface area (Å²) in [5.74, 6) is 1.53. The molecule has 0 heterocycles. The number of carbonyl (C=O) groups excluding carboxylic acids is 2. The molecule has 0 aromatic heterocycles. The lowest BCUT2D eigenvalue weighted by Crippen LogP contribution is -2.37. The van der Waals surface area contributed by atoms with Crippen LogP contribution in [0.25, 0.3) is 0 Å². The van der Waals surface area contributed by atoms with Gasteiger partial charge in [-0.25, -0.2) is 0 Å². The molecule has 2 aromatic rings. The molecule has 0 atom stereocenters. The largest absolute Gasteiger partial charge is 0.349 e. The molecule has 0 spiro atoms. The zero-order valence-corrected chi connectivity index (χ0v) is 20.4. The van der Waals surface area contributed by atoms with Gasteiger partial charge in [-0.2, -0.15) is 0 Å². The lowest BCUT2D eigenvalue weighted by molar-refractivity contribution is 0.0914. The van der Waals surface area contributed by atoms with Crippen molar-refractivity contribution in [3.05, 3.63) is 59.7 Å². The maximum absolute atomic E-state index is 12.5. The van der Waals surface area contributed by atoms with E-state index in [-0.39, 0.29) is 11.8 Å². The lowest BCUT2D eigenvalue weighted by atomic mass is 9.87. The van der Waals surface area contributed by atoms with Crippen molar-refractivity contribution in [1.82, 2.24) is 10.6 Å². The first kappa shape index (κ1) is 24.1. The number of rotatable bonds is 7. The van der Waals surface area contributed by atoms with Crippen molar-refractivity contribution in [2.45, 2.75) is 77.3 Å². The molecule has 2 amide bonds. The summed E-state index contributed by atoms with van der Waals surface area (Å²) in [4.78, 5) is 25.1. The van der Waals surface area contributed by atoms with Crippen LogP contribution in [0, 0.1) is 11.8 Å². The van der Waals surface area contributed by atoms with Crippen LogP contribution in [-0.2, 0) is 0 Å². The third kappa shape index (κ3) is 6.75. The van der Waals surface area contributed by atoms with Gasteiger partial charge in [0.1, 0.15) is 0 Å². The molecule has 34 heavy (non-hydrogen) atoms. The number of nitrogens with one attached hydrogen (secondary N) is 4. The van der Waals surface area contributed by atoms with E-state index in [1.165, 1.54) is 25.7 Å². The van der Waals surface area contributed by atoms with Crippen molar-refractivity contribution >= 4 is 23.2 Å². The molecule has 0 unspecified atom stereocenters. The van der Waals surface area contributed by atoms with Gasteiger partial charge < -0.3 is 21.5 Å². The van der Waals surface area contributed by atoms with E-state index in [2.05, 4.69) is 35.3 Å². The molecular formula is C28H38N4O2. The second-order valence-corrected chi connectivity index (χ2v) is 10.3. The number of benzene rings is 2. The van der Waals surface area contributed by atoms with Gasteiger partial charge in [0.25, 0.3) is 11.8 Å². The highest BCUT2D eigenvalue weighted by Gasteiger charge is 2.21. The topological polar surface area (TPSA) is 82.3 Å². The van der Waals surface area contributed by atoms with Gasteiger partial charge in [-0.15, -0.1) is 0 Å². The Morgan fingerprint density at radius 2 is 0.882 bits per heavy atom. The van der Waals surface area contributed by atoms with E-state index >= 15 is 0 Å². The first-order valence-corrected chi connectivity index (χ1v) is 12.8. The highest BCUT2D eigenvalue weighted by Crippen LogP contribution is 2.25. The van der Waals surface area contributed by atoms with Crippen molar-refractivity contribution in [1.29, 1.82) is 0 Å². The van der Waals surface area contributed by atoms with Gasteiger partial charge >= 0.3 is 0 Å². The molecule has 0 bridgehead atoms. The first-order chi connectivity index (χ1) is 16.5. The summed E-state index contributed by atoms with van der Waals surface area (Å²) in [6.45, 7) is 4.56. The molecule has 0 saturated heterocycles. The normalized spacial score (nSPS) is 24.6. The highest BCUT2D eigenvalue weighted by molar-refractivity contribution is 5.95. The van der Waals surface area contributed by atoms with Gasteiger partial charge in [-0.1, -0.05) is 13.8 Å². The van der Waals surface area contributed by atoms with E-state index in [0.717, 1.165) is 48.9 Å². The Morgan fingerprint density at radius 3 is 1.21 bits per heavy atom. The number of hydrazine groups is 1. The minimum Gasteiger partial charge on any atom is -0.349 e. The monoisotopic (exact) mass is 462 g/mol. The summed E-state index contributed by atoms with van der Waals surface area (Å²) in [6.07, 6.45) is 9.01. The van der Waals surface area contributed by atoms with Gasteiger partial charge in [0.2, 0.25) is 0 Å². The number of anilines is 2. The summed E-state index contributed by atoms with van der Waals surface area (Å²) >= 11 is 0. The molecular weight excluding hydrogens is 424 g/mol. The SMILES string of the molecule is CC1CCC(NC(=O)c2ccc(NNc3ccc(C(=O)NC4CCC(C)CC4)cc3)cc2)CC1. The van der Waals surface area contributed by atoms with Crippen LogP contribution in [0.2, 0.25) is 0 Å². The molecule has 182 valence electrons. The second kappa shape index (κ2) is 11.4. The summed E-state index contributed by atoms with van der Waals surface area (Å²) in [6, 6.07) is 15.5. The van der Waals surface area contributed by atoms with E-state index in [0.29, 0.717) is 23.2 Å². The molecule has 4 N–H and O–H groups in total. The quantitative estimate of drug-likeness (QED) is 0.395. The number of amides is 2. The van der Waals surface area contributed by atoms with E-state index in [4.69, 9.17) is 0 Å². The molecule has 6 heteroatoms. The molecule has 2 aromatic carbocycles. The summed E-state index contributed by atoms with van der Waals surface area (Å²) < 4.78 is 0. The van der Waals surface area contributed by atoms with Crippen LogP contribution >= 0.6 is 0 Å². The molecule has 2 fully saturated rings. The molecule has 2 aliphatic rings. The Kier molecular flexibility index (Phi) is 8.09. The zero-order valence-electron chi connectivity index (χ0n) is 20.4. The highest BCUT2D eigenvalue weighted by atomic mass is 16.2. The molecule has 0 aliphatic heterocycles. The lowest BCUT2D eigenvalue weighted by Gasteiger charge is -2.27. The van der Waals surface area contributed by atoms with E-state index in [1.807, 2.05) is 48.5 Å². The predicted octanol–water partition coefficient (Wildman–Crippen LogP) is 5.74. The van der Waals surface area contributed by atoms with E-state index < -0.39 is 0 Å². The van der Waals surface area contributed by atoms with Crippen molar-refractivity contribution in [2.75, 3.05) is 10.9 Å². The summed E-state index contributed by atoms with van der Waals surface area (Å²) in [7, 11) is 0. The fraction of sp³-hybridized carbons (Fsp3) is 0.500. The van der Waals surface area contributed by atoms with Crippen molar-refractivity contribution < 1.29 is 9.59 Å². The molecule has 0 radical (unpaired) electrons. The van der Waals surface area contributed by atoms with Crippen LogP contribution in [0.15, 0.2) is 48.5 Å². The molecule has 2 aliphatic carbocycles. The van der Waals surface area contributed by atoms with E-state index in [1.54, 1.807) is 0 Å². The van der Waals surface area contributed by atoms with E-state index in [9.17, 15) is 9.59 Å². The Bertz CT molecular complexity index is 862. The average Bonchev–Trinajstić information content (AvgIpc) is 2.86. The smallest absolute Gasteiger partial charge is 0.251 e. The fourth-order valence-corrected chi connectivity index (χ4v) is 4.90. The number of hydrogen-bond donors (Lipinski definition) is 4. The van der Waals surface area contributed by atoms with Crippen molar-refractivity contribution in [3.8, 4) is 0 Å². The Labute approximate surface area is 203 Å². The van der Waals surface area contributed by atoms with Crippen LogP contribution in [-0.4, -0.2) is 23.9 Å². The zero-order chi connectivity index (χ0) is 23.9. The minimum atomic E-state index is -0.00401. The predicted molar refractivity (Wildman–Crippen MR) is 138 cm³/mol. The van der Waals surface area contributed by atoms with Crippen LogP contribution < -0.4 is 21.5 Å². The molecule has 6 nitrogen and oxygen atoms in total. The minimum absolute atomic E-state index is 0.00401. The van der Waals surface area contributed by atoms with Crippen LogP contribution in [0.1, 0.15) is 85.9 Å². The first-order valence-electron chi connectivity index (χ1n) is 12.8. The summed E-state index contributed by atoms with van der Waals surface area (Å²) in [5.41, 5.74) is 9.36. The average molecular weight is 463 g/mol. The maximum Gasteiger partial charge on any atom is 0.251 e. The van der Waals surface area contributed by atoms with Gasteiger partial charge in [0, 0.05) is 23.2 Å². The third-order valence-corrected chi connectivity index (χ3v) is 7.35. The Morgan fingerprint density at radius 1 is 0.559 bits per heavy atom. The maximum atomic E-state index is 12.5. The van der Waals surface area contributed by atoms with Crippen LogP contribution in [0.3, 0.4) is 0 Å². The molecule has 2 saturated carbocycles. The third-order valence-electron chi connectivity index (χ3n) is 7.35. The number of carbonyl (C=O) groups is 2. The Balaban J connectivity index is 1.22. The van der Waals surface area contributed by atoms with Crippen LogP contribution in [0.4, 0.5) is 11.4 Å². The number of hydrogen-bond acceptors (Lipinski definition) is 4. The second-order valence-electron chi connectivity index (χ2n) is 10.3. The van der Waals surface area contributed by atoms with Crippen LogP contribution in [0.5, 0.6) is 0 Å². The molecule has 4 rings (SSSR count). The van der Waals surface area contributed by atoms with Gasteiger partial charge in [-0.05, 0) is 112 Å². The standard InChI is InChI=1S/C28H38N4O2/c1-19-3-11-23(12-4-19)29-27(33)21-7-15-25(16-8-21)31-32-26-17-9-22(10-18-26)28(34)30-24-13-5-20(2)6-14-24/h7-10,15-20,23-24,31-32H,3-6,11-14H2,1-2H3,(H,29,33)(H,30,34). The van der Waals surface area contributed by atoms with Crippen molar-refractivity contribution in [3.63, 3.8) is 0 Å². The van der Waals surface area contributed by atoms with Gasteiger partial charge in [0.15, 0.2) is 0 Å². The fourth-order valence-electron chi connectivity index (χ4n) is 4.90. The summed E-state index contributed by atoms with van der Waals surface area (Å²) in [5, 5.41) is 6.33. The Hall–Kier alpha value is -3.02. The van der Waals surface area contributed by atoms with Crippen molar-refractivity contribution in [2.24, 2.45) is 11.8 Å². The van der Waals surface area contributed by atoms with Gasteiger partial charge in [0.05, 0.1) is 11.4 Å². The van der Waals surface area contributed by atoms with Gasteiger partial charge in [-0.3, -0.25) is 9.59 Å².